The van der Waals surface area contributed by atoms with Crippen molar-refractivity contribution in [3.8, 4) is 0 Å². The monoisotopic (exact) mass is 303 g/mol. The molecule has 5 nitrogen and oxygen atoms in total. The molecule has 0 spiro atoms. The van der Waals surface area contributed by atoms with E-state index in [9.17, 15) is 9.59 Å². The maximum absolute atomic E-state index is 11.9. The Morgan fingerprint density at radius 2 is 1.77 bits per heavy atom. The van der Waals surface area contributed by atoms with Crippen LogP contribution < -0.4 is 10.7 Å². The number of anilines is 1. The number of nitrogens with one attached hydrogen (secondary N) is 2. The number of amides is 2. The van der Waals surface area contributed by atoms with Gasteiger partial charge in [-0.3, -0.25) is 9.59 Å². The number of benzene rings is 1. The third kappa shape index (κ3) is 7.02. The first-order chi connectivity index (χ1) is 10.5. The molecule has 0 aliphatic rings. The first kappa shape index (κ1) is 17.9. The molecule has 5 heteroatoms. The summed E-state index contributed by atoms with van der Waals surface area (Å²) in [6.45, 7) is 5.83. The number of hydrogen-bond donors (Lipinski definition) is 2. The fourth-order valence-corrected chi connectivity index (χ4v) is 1.85. The van der Waals surface area contributed by atoms with Crippen molar-refractivity contribution in [2.45, 2.75) is 52.9 Å². The summed E-state index contributed by atoms with van der Waals surface area (Å²) in [5, 5.41) is 6.76. The van der Waals surface area contributed by atoms with E-state index in [1.807, 2.05) is 31.2 Å². The Bertz CT molecular complexity index is 521. The third-order valence-electron chi connectivity index (χ3n) is 3.19. The van der Waals surface area contributed by atoms with Gasteiger partial charge < -0.3 is 5.32 Å². The molecule has 22 heavy (non-hydrogen) atoms. The molecule has 0 heterocycles. The Kier molecular flexibility index (Phi) is 7.89. The van der Waals surface area contributed by atoms with Crippen LogP contribution in [0.15, 0.2) is 29.4 Å². The van der Waals surface area contributed by atoms with Crippen LogP contribution in [0.2, 0.25) is 0 Å². The van der Waals surface area contributed by atoms with Gasteiger partial charge in [0.15, 0.2) is 0 Å². The standard InChI is InChI=1S/C17H25N3O2/c1-4-6-7-16(21)20-19-13(3)12-17(22)18-15-10-8-14(5-2)9-11-15/h8-11H,4-7,12H2,1-3H3,(H,18,22)(H,20,21)/b19-13+. The van der Waals surface area contributed by atoms with Crippen LogP contribution in [-0.2, 0) is 16.0 Å². The first-order valence-corrected chi connectivity index (χ1v) is 7.76. The SMILES string of the molecule is CCCCC(=O)N/N=C(\C)CC(=O)Nc1ccc(CC)cc1. The van der Waals surface area contributed by atoms with E-state index in [-0.39, 0.29) is 18.2 Å². The van der Waals surface area contributed by atoms with Gasteiger partial charge in [-0.25, -0.2) is 5.43 Å². The molecule has 0 fully saturated rings. The highest BCUT2D eigenvalue weighted by Gasteiger charge is 2.05. The van der Waals surface area contributed by atoms with Gasteiger partial charge in [-0.05, 0) is 37.5 Å². The number of aryl methyl sites for hydroxylation is 1. The van der Waals surface area contributed by atoms with Gasteiger partial charge in [0.1, 0.15) is 0 Å². The molecule has 1 rings (SSSR count). The Morgan fingerprint density at radius 1 is 1.09 bits per heavy atom. The van der Waals surface area contributed by atoms with E-state index < -0.39 is 0 Å². The van der Waals surface area contributed by atoms with Crippen molar-refractivity contribution >= 4 is 23.2 Å². The smallest absolute Gasteiger partial charge is 0.240 e. The van der Waals surface area contributed by atoms with Crippen molar-refractivity contribution in [1.29, 1.82) is 0 Å². The van der Waals surface area contributed by atoms with Crippen LogP contribution in [0.4, 0.5) is 5.69 Å². The van der Waals surface area contributed by atoms with E-state index in [4.69, 9.17) is 0 Å². The van der Waals surface area contributed by atoms with Gasteiger partial charge in [-0.1, -0.05) is 32.4 Å². The molecule has 0 aliphatic heterocycles. The summed E-state index contributed by atoms with van der Waals surface area (Å²) >= 11 is 0. The van der Waals surface area contributed by atoms with Crippen LogP contribution in [0, 0.1) is 0 Å². The number of rotatable bonds is 8. The highest BCUT2D eigenvalue weighted by atomic mass is 16.2. The highest BCUT2D eigenvalue weighted by Crippen LogP contribution is 2.10. The number of hydrogen-bond acceptors (Lipinski definition) is 3. The van der Waals surface area contributed by atoms with E-state index in [0.29, 0.717) is 12.1 Å². The van der Waals surface area contributed by atoms with Crippen molar-refractivity contribution in [3.05, 3.63) is 29.8 Å². The van der Waals surface area contributed by atoms with Crippen LogP contribution in [0.5, 0.6) is 0 Å². The average Bonchev–Trinajstić information content (AvgIpc) is 2.51. The van der Waals surface area contributed by atoms with Gasteiger partial charge in [0, 0.05) is 17.8 Å². The molecule has 2 amide bonds. The summed E-state index contributed by atoms with van der Waals surface area (Å²) in [6.07, 6.45) is 3.40. The molecule has 1 aromatic carbocycles. The Labute approximate surface area is 132 Å². The zero-order chi connectivity index (χ0) is 16.4. The van der Waals surface area contributed by atoms with Crippen molar-refractivity contribution in [2.24, 2.45) is 5.10 Å². The van der Waals surface area contributed by atoms with Crippen LogP contribution in [0.3, 0.4) is 0 Å². The van der Waals surface area contributed by atoms with Crippen molar-refractivity contribution in [3.63, 3.8) is 0 Å². The quantitative estimate of drug-likeness (QED) is 0.571. The summed E-state index contributed by atoms with van der Waals surface area (Å²) in [4.78, 5) is 23.3. The van der Waals surface area contributed by atoms with Crippen molar-refractivity contribution in [1.82, 2.24) is 5.43 Å². The summed E-state index contributed by atoms with van der Waals surface area (Å²) < 4.78 is 0. The second-order valence-corrected chi connectivity index (χ2v) is 5.26. The fraction of sp³-hybridized carbons (Fsp3) is 0.471. The number of carbonyl (C=O) groups is 2. The third-order valence-corrected chi connectivity index (χ3v) is 3.19. The van der Waals surface area contributed by atoms with Crippen LogP contribution >= 0.6 is 0 Å². The number of nitrogens with zero attached hydrogens (tertiary/aromatic N) is 1. The van der Waals surface area contributed by atoms with E-state index in [1.165, 1.54) is 5.56 Å². The highest BCUT2D eigenvalue weighted by molar-refractivity contribution is 6.05. The molecule has 0 saturated carbocycles. The number of carbonyl (C=O) groups excluding carboxylic acids is 2. The predicted octanol–water partition coefficient (Wildman–Crippen LogP) is 3.26. The fourth-order valence-electron chi connectivity index (χ4n) is 1.85. The lowest BCUT2D eigenvalue weighted by atomic mass is 10.1. The summed E-state index contributed by atoms with van der Waals surface area (Å²) in [5.41, 5.74) is 5.04. The number of unbranched alkanes of at least 4 members (excludes halogenated alkanes) is 1. The van der Waals surface area contributed by atoms with Gasteiger partial charge >= 0.3 is 0 Å². The zero-order valence-electron chi connectivity index (χ0n) is 13.6. The van der Waals surface area contributed by atoms with E-state index >= 15 is 0 Å². The van der Waals surface area contributed by atoms with Gasteiger partial charge in [0.05, 0.1) is 6.42 Å². The van der Waals surface area contributed by atoms with Crippen LogP contribution in [0.25, 0.3) is 0 Å². The summed E-state index contributed by atoms with van der Waals surface area (Å²) in [6, 6.07) is 7.75. The lowest BCUT2D eigenvalue weighted by Gasteiger charge is -2.06. The zero-order valence-corrected chi connectivity index (χ0v) is 13.6. The molecule has 0 unspecified atom stereocenters. The maximum Gasteiger partial charge on any atom is 0.240 e. The molecule has 0 radical (unpaired) electrons. The number of hydrazone groups is 1. The molecular weight excluding hydrogens is 278 g/mol. The lowest BCUT2D eigenvalue weighted by molar-refractivity contribution is -0.121. The molecule has 0 bridgehead atoms. The van der Waals surface area contributed by atoms with Gasteiger partial charge in [-0.15, -0.1) is 0 Å². The minimum Gasteiger partial charge on any atom is -0.326 e. The molecule has 120 valence electrons. The molecule has 0 aliphatic carbocycles. The normalized spacial score (nSPS) is 11.1. The van der Waals surface area contributed by atoms with E-state index in [1.54, 1.807) is 6.92 Å². The largest absolute Gasteiger partial charge is 0.326 e. The van der Waals surface area contributed by atoms with E-state index in [2.05, 4.69) is 22.8 Å². The maximum atomic E-state index is 11.9. The topological polar surface area (TPSA) is 70.6 Å². The molecule has 0 atom stereocenters. The lowest BCUT2D eigenvalue weighted by Crippen LogP contribution is -2.21. The van der Waals surface area contributed by atoms with Gasteiger partial charge in [0.25, 0.3) is 0 Å². The second kappa shape index (κ2) is 9.71. The molecule has 2 N–H and O–H groups in total. The Hall–Kier alpha value is -2.17. The summed E-state index contributed by atoms with van der Waals surface area (Å²) in [5.74, 6) is -0.259. The van der Waals surface area contributed by atoms with Gasteiger partial charge in [0.2, 0.25) is 11.8 Å². The Morgan fingerprint density at radius 3 is 2.36 bits per heavy atom. The van der Waals surface area contributed by atoms with Gasteiger partial charge in [-0.2, -0.15) is 5.10 Å². The second-order valence-electron chi connectivity index (χ2n) is 5.26. The average molecular weight is 303 g/mol. The predicted molar refractivity (Wildman–Crippen MR) is 89.8 cm³/mol. The molecule has 0 saturated heterocycles. The molecule has 1 aromatic rings. The first-order valence-electron chi connectivity index (χ1n) is 7.76. The Balaban J connectivity index is 2.41. The molecular formula is C17H25N3O2. The van der Waals surface area contributed by atoms with Crippen LogP contribution in [-0.4, -0.2) is 17.5 Å². The van der Waals surface area contributed by atoms with E-state index in [0.717, 1.165) is 24.9 Å². The minimum absolute atomic E-state index is 0.114. The van der Waals surface area contributed by atoms with Crippen molar-refractivity contribution in [2.75, 3.05) is 5.32 Å². The summed E-state index contributed by atoms with van der Waals surface area (Å²) in [7, 11) is 0. The van der Waals surface area contributed by atoms with Crippen LogP contribution in [0.1, 0.15) is 52.0 Å². The minimum atomic E-state index is -0.145. The molecule has 0 aromatic heterocycles. The van der Waals surface area contributed by atoms with Crippen molar-refractivity contribution < 1.29 is 9.59 Å².